The van der Waals surface area contributed by atoms with Crippen LogP contribution in [-0.2, 0) is 6.42 Å². The molecule has 25 heavy (non-hydrogen) atoms. The van der Waals surface area contributed by atoms with Gasteiger partial charge >= 0.3 is 0 Å². The molecule has 0 saturated carbocycles. The Labute approximate surface area is 151 Å². The fraction of sp³-hybridized carbons (Fsp3) is 0.263. The zero-order valence-electron chi connectivity index (χ0n) is 13.9. The average molecular weight is 358 g/mol. The third-order valence-corrected chi connectivity index (χ3v) is 4.53. The van der Waals surface area contributed by atoms with E-state index < -0.39 is 6.10 Å². The molecule has 0 aliphatic rings. The second-order valence-corrected chi connectivity index (χ2v) is 6.54. The van der Waals surface area contributed by atoms with Crippen molar-refractivity contribution < 1.29 is 9.90 Å². The van der Waals surface area contributed by atoms with E-state index in [0.717, 1.165) is 22.8 Å². The van der Waals surface area contributed by atoms with Gasteiger partial charge in [0.25, 0.3) is 5.91 Å². The smallest absolute Gasteiger partial charge is 0.269 e. The summed E-state index contributed by atoms with van der Waals surface area (Å²) < 4.78 is 0. The van der Waals surface area contributed by atoms with Gasteiger partial charge in [-0.1, -0.05) is 35.9 Å². The lowest BCUT2D eigenvalue weighted by molar-refractivity contribution is 0.0846. The Morgan fingerprint density at radius 2 is 2.20 bits per heavy atom. The Hall–Kier alpha value is -2.37. The van der Waals surface area contributed by atoms with Gasteiger partial charge < -0.3 is 15.4 Å². The van der Waals surface area contributed by atoms with E-state index in [1.807, 2.05) is 30.3 Å². The minimum absolute atomic E-state index is 0.270. The lowest BCUT2D eigenvalue weighted by atomic mass is 9.97. The number of hydrogen-bond acceptors (Lipinski definition) is 3. The molecule has 3 rings (SSSR count). The van der Waals surface area contributed by atoms with Gasteiger partial charge in [-0.3, -0.25) is 4.79 Å². The molecule has 0 radical (unpaired) electrons. The van der Waals surface area contributed by atoms with Crippen molar-refractivity contribution in [3.8, 4) is 0 Å². The molecule has 0 aliphatic heterocycles. The second-order valence-electron chi connectivity index (χ2n) is 6.11. The highest BCUT2D eigenvalue weighted by molar-refractivity contribution is 6.31. The van der Waals surface area contributed by atoms with E-state index >= 15 is 0 Å². The molecular weight excluding hydrogens is 338 g/mol. The molecule has 0 spiro atoms. The third kappa shape index (κ3) is 4.18. The third-order valence-electron chi connectivity index (χ3n) is 4.30. The number of aryl methyl sites for hydroxylation is 1. The number of aromatic nitrogens is 2. The van der Waals surface area contributed by atoms with Crippen molar-refractivity contribution in [3.63, 3.8) is 0 Å². The van der Waals surface area contributed by atoms with Crippen molar-refractivity contribution in [1.82, 2.24) is 15.3 Å². The quantitative estimate of drug-likeness (QED) is 0.633. The van der Waals surface area contributed by atoms with E-state index in [9.17, 15) is 9.90 Å². The minimum Gasteiger partial charge on any atom is -0.391 e. The molecule has 0 bridgehead atoms. The Balaban J connectivity index is 1.73. The number of imidazole rings is 1. The SMILES string of the molecule is C[C@H](O)[C@@H](CCc1cccc2cc(Cl)ccc12)NC(=O)c1cnc[nH]1. The summed E-state index contributed by atoms with van der Waals surface area (Å²) in [5.41, 5.74) is 1.54. The number of halogens is 1. The van der Waals surface area contributed by atoms with E-state index in [0.29, 0.717) is 17.1 Å². The maximum atomic E-state index is 12.2. The van der Waals surface area contributed by atoms with Crippen molar-refractivity contribution in [2.24, 2.45) is 0 Å². The van der Waals surface area contributed by atoms with Crippen LogP contribution in [0.15, 0.2) is 48.9 Å². The molecule has 2 aromatic carbocycles. The average Bonchev–Trinajstić information content (AvgIpc) is 3.12. The van der Waals surface area contributed by atoms with Gasteiger partial charge in [-0.2, -0.15) is 0 Å². The van der Waals surface area contributed by atoms with Crippen LogP contribution in [0.2, 0.25) is 5.02 Å². The van der Waals surface area contributed by atoms with Crippen molar-refractivity contribution in [2.75, 3.05) is 0 Å². The summed E-state index contributed by atoms with van der Waals surface area (Å²) in [6.45, 7) is 1.68. The number of amides is 1. The van der Waals surface area contributed by atoms with Crippen molar-refractivity contribution in [1.29, 1.82) is 0 Å². The Morgan fingerprint density at radius 1 is 1.36 bits per heavy atom. The summed E-state index contributed by atoms with van der Waals surface area (Å²) in [7, 11) is 0. The number of rotatable bonds is 6. The standard InChI is InChI=1S/C19H20ClN3O2/c1-12(24)17(23-19(25)18-10-21-11-22-18)8-5-13-3-2-4-14-9-15(20)6-7-16(13)14/h2-4,6-7,9-12,17,24H,5,8H2,1H3,(H,21,22)(H,23,25)/t12-,17+/m0/s1. The van der Waals surface area contributed by atoms with Crippen LogP contribution < -0.4 is 5.32 Å². The number of nitrogens with one attached hydrogen (secondary N) is 2. The van der Waals surface area contributed by atoms with Crippen molar-refractivity contribution in [3.05, 3.63) is 65.2 Å². The first-order valence-corrected chi connectivity index (χ1v) is 8.57. The summed E-state index contributed by atoms with van der Waals surface area (Å²) in [6.07, 6.45) is 3.62. The molecule has 3 aromatic rings. The lowest BCUT2D eigenvalue weighted by Gasteiger charge is -2.21. The summed E-state index contributed by atoms with van der Waals surface area (Å²) in [6, 6.07) is 11.6. The Morgan fingerprint density at radius 3 is 2.92 bits per heavy atom. The summed E-state index contributed by atoms with van der Waals surface area (Å²) in [4.78, 5) is 18.8. The van der Waals surface area contributed by atoms with Gasteiger partial charge in [-0.15, -0.1) is 0 Å². The van der Waals surface area contributed by atoms with E-state index in [4.69, 9.17) is 11.6 Å². The zero-order chi connectivity index (χ0) is 17.8. The number of aromatic amines is 1. The number of fused-ring (bicyclic) bond motifs is 1. The van der Waals surface area contributed by atoms with E-state index in [-0.39, 0.29) is 11.9 Å². The fourth-order valence-electron chi connectivity index (χ4n) is 2.91. The number of hydrogen-bond donors (Lipinski definition) is 3. The van der Waals surface area contributed by atoms with Gasteiger partial charge in [-0.25, -0.2) is 4.98 Å². The Kier molecular flexibility index (Phi) is 5.36. The Bertz CT molecular complexity index is 862. The normalized spacial score (nSPS) is 13.6. The van der Waals surface area contributed by atoms with Gasteiger partial charge in [-0.05, 0) is 48.2 Å². The van der Waals surface area contributed by atoms with Crippen LogP contribution in [0, 0.1) is 0 Å². The molecule has 3 N–H and O–H groups in total. The van der Waals surface area contributed by atoms with Gasteiger partial charge in [0.1, 0.15) is 5.69 Å². The lowest BCUT2D eigenvalue weighted by Crippen LogP contribution is -2.42. The molecule has 130 valence electrons. The highest BCUT2D eigenvalue weighted by Gasteiger charge is 2.19. The number of carbonyl (C=O) groups is 1. The topological polar surface area (TPSA) is 78.0 Å². The highest BCUT2D eigenvalue weighted by Crippen LogP contribution is 2.24. The fourth-order valence-corrected chi connectivity index (χ4v) is 3.09. The first kappa shape index (κ1) is 17.5. The monoisotopic (exact) mass is 357 g/mol. The van der Waals surface area contributed by atoms with Gasteiger partial charge in [0.15, 0.2) is 0 Å². The number of benzene rings is 2. The molecule has 1 amide bonds. The summed E-state index contributed by atoms with van der Waals surface area (Å²) >= 11 is 6.06. The number of carbonyl (C=O) groups excluding carboxylic acids is 1. The van der Waals surface area contributed by atoms with Gasteiger partial charge in [0.2, 0.25) is 0 Å². The maximum absolute atomic E-state index is 12.2. The number of aliphatic hydroxyl groups excluding tert-OH is 1. The van der Waals surface area contributed by atoms with E-state index in [2.05, 4.69) is 21.4 Å². The highest BCUT2D eigenvalue weighted by atomic mass is 35.5. The zero-order valence-corrected chi connectivity index (χ0v) is 14.6. The van der Waals surface area contributed by atoms with Crippen LogP contribution in [0.3, 0.4) is 0 Å². The molecule has 0 saturated heterocycles. The van der Waals surface area contributed by atoms with Crippen LogP contribution in [-0.4, -0.2) is 33.1 Å². The van der Waals surface area contributed by atoms with Crippen LogP contribution in [0.1, 0.15) is 29.4 Å². The minimum atomic E-state index is -0.656. The second kappa shape index (κ2) is 7.68. The first-order valence-electron chi connectivity index (χ1n) is 8.19. The molecular formula is C19H20ClN3O2. The molecule has 0 aliphatic carbocycles. The first-order chi connectivity index (χ1) is 12.0. The van der Waals surface area contributed by atoms with Crippen LogP contribution in [0.4, 0.5) is 0 Å². The van der Waals surface area contributed by atoms with E-state index in [1.54, 1.807) is 6.92 Å². The van der Waals surface area contributed by atoms with Crippen molar-refractivity contribution in [2.45, 2.75) is 31.9 Å². The summed E-state index contributed by atoms with van der Waals surface area (Å²) in [5, 5.41) is 15.8. The number of nitrogens with zero attached hydrogens (tertiary/aromatic N) is 1. The van der Waals surface area contributed by atoms with Crippen LogP contribution >= 0.6 is 11.6 Å². The molecule has 6 heteroatoms. The van der Waals surface area contributed by atoms with E-state index in [1.165, 1.54) is 12.5 Å². The van der Waals surface area contributed by atoms with Crippen LogP contribution in [0.5, 0.6) is 0 Å². The predicted molar refractivity (Wildman–Crippen MR) is 98.8 cm³/mol. The largest absolute Gasteiger partial charge is 0.391 e. The van der Waals surface area contributed by atoms with Crippen molar-refractivity contribution >= 4 is 28.3 Å². The molecule has 5 nitrogen and oxygen atoms in total. The van der Waals surface area contributed by atoms with Gasteiger partial charge in [0.05, 0.1) is 24.7 Å². The molecule has 0 fully saturated rings. The molecule has 2 atom stereocenters. The maximum Gasteiger partial charge on any atom is 0.269 e. The van der Waals surface area contributed by atoms with Gasteiger partial charge in [0, 0.05) is 5.02 Å². The summed E-state index contributed by atoms with van der Waals surface area (Å²) in [5.74, 6) is -0.270. The molecule has 1 aromatic heterocycles. The predicted octanol–water partition coefficient (Wildman–Crippen LogP) is 3.33. The number of H-pyrrole nitrogens is 1. The number of aliphatic hydroxyl groups is 1. The molecule has 0 unspecified atom stereocenters. The van der Waals surface area contributed by atoms with Crippen LogP contribution in [0.25, 0.3) is 10.8 Å². The molecule has 1 heterocycles.